The zero-order valence-corrected chi connectivity index (χ0v) is 11.0. The second kappa shape index (κ2) is 6.48. The van der Waals surface area contributed by atoms with E-state index in [1.54, 1.807) is 6.07 Å². The van der Waals surface area contributed by atoms with E-state index in [0.29, 0.717) is 5.75 Å². The van der Waals surface area contributed by atoms with Gasteiger partial charge in [0.1, 0.15) is 5.75 Å². The molecule has 1 unspecified atom stereocenters. The predicted octanol–water partition coefficient (Wildman–Crippen LogP) is 2.70. The van der Waals surface area contributed by atoms with Gasteiger partial charge in [-0.3, -0.25) is 0 Å². The van der Waals surface area contributed by atoms with Gasteiger partial charge in [-0.05, 0) is 59.2 Å². The zero-order chi connectivity index (χ0) is 9.84. The van der Waals surface area contributed by atoms with E-state index in [1.807, 2.05) is 12.1 Å². The Labute approximate surface area is 104 Å². The van der Waals surface area contributed by atoms with Crippen molar-refractivity contribution in [3.8, 4) is 5.75 Å². The molecule has 80 valence electrons. The van der Waals surface area contributed by atoms with E-state index >= 15 is 0 Å². The SMILES string of the molecule is CCC(N)Cc1cc(I)ccc1O.Cl. The van der Waals surface area contributed by atoms with Gasteiger partial charge in [0.2, 0.25) is 0 Å². The normalized spacial score (nSPS) is 11.9. The fourth-order valence-electron chi connectivity index (χ4n) is 1.14. The van der Waals surface area contributed by atoms with Crippen molar-refractivity contribution in [3.63, 3.8) is 0 Å². The molecule has 3 N–H and O–H groups in total. The Kier molecular flexibility index (Phi) is 6.48. The minimum absolute atomic E-state index is 0. The van der Waals surface area contributed by atoms with E-state index in [-0.39, 0.29) is 18.4 Å². The topological polar surface area (TPSA) is 46.2 Å². The molecule has 0 saturated heterocycles. The largest absolute Gasteiger partial charge is 0.508 e. The molecule has 2 nitrogen and oxygen atoms in total. The maximum atomic E-state index is 9.52. The summed E-state index contributed by atoms with van der Waals surface area (Å²) in [6, 6.07) is 5.73. The molecule has 1 aromatic rings. The summed E-state index contributed by atoms with van der Waals surface area (Å²) >= 11 is 2.23. The first kappa shape index (κ1) is 14.0. The third-order valence-electron chi connectivity index (χ3n) is 2.05. The summed E-state index contributed by atoms with van der Waals surface area (Å²) in [5, 5.41) is 9.52. The molecule has 1 atom stereocenters. The second-order valence-electron chi connectivity index (χ2n) is 3.15. The highest BCUT2D eigenvalue weighted by Gasteiger charge is 2.06. The highest BCUT2D eigenvalue weighted by Crippen LogP contribution is 2.21. The van der Waals surface area contributed by atoms with Crippen molar-refractivity contribution in [2.24, 2.45) is 5.73 Å². The van der Waals surface area contributed by atoms with Gasteiger partial charge in [-0.15, -0.1) is 12.4 Å². The number of phenolic OH excluding ortho intramolecular Hbond substituents is 1. The van der Waals surface area contributed by atoms with Crippen LogP contribution in [-0.4, -0.2) is 11.1 Å². The first-order chi connectivity index (χ1) is 6.13. The lowest BCUT2D eigenvalue weighted by Crippen LogP contribution is -2.21. The molecule has 0 saturated carbocycles. The molecule has 0 aliphatic rings. The number of benzene rings is 1. The van der Waals surface area contributed by atoms with Crippen LogP contribution in [0.25, 0.3) is 0 Å². The van der Waals surface area contributed by atoms with Gasteiger partial charge in [0.25, 0.3) is 0 Å². The fraction of sp³-hybridized carbons (Fsp3) is 0.400. The van der Waals surface area contributed by atoms with Gasteiger partial charge in [-0.1, -0.05) is 6.92 Å². The Morgan fingerprint density at radius 2 is 2.14 bits per heavy atom. The highest BCUT2D eigenvalue weighted by atomic mass is 127. The quantitative estimate of drug-likeness (QED) is 0.839. The van der Waals surface area contributed by atoms with E-state index in [4.69, 9.17) is 5.73 Å². The van der Waals surface area contributed by atoms with Crippen LogP contribution in [0.5, 0.6) is 5.75 Å². The average molecular weight is 328 g/mol. The lowest BCUT2D eigenvalue weighted by Gasteiger charge is -2.10. The molecule has 0 aliphatic carbocycles. The van der Waals surface area contributed by atoms with Crippen molar-refractivity contribution in [2.45, 2.75) is 25.8 Å². The second-order valence-corrected chi connectivity index (χ2v) is 4.39. The molecule has 1 rings (SSSR count). The van der Waals surface area contributed by atoms with Crippen molar-refractivity contribution < 1.29 is 5.11 Å². The number of rotatable bonds is 3. The number of halogens is 2. The Bertz CT molecular complexity index is 293. The lowest BCUT2D eigenvalue weighted by atomic mass is 10.0. The van der Waals surface area contributed by atoms with Crippen molar-refractivity contribution in [3.05, 3.63) is 27.3 Å². The van der Waals surface area contributed by atoms with Crippen LogP contribution in [0, 0.1) is 3.57 Å². The van der Waals surface area contributed by atoms with Crippen molar-refractivity contribution >= 4 is 35.0 Å². The van der Waals surface area contributed by atoms with Gasteiger partial charge in [0.05, 0.1) is 0 Å². The number of hydrogen-bond donors (Lipinski definition) is 2. The molecule has 0 aliphatic heterocycles. The van der Waals surface area contributed by atoms with Gasteiger partial charge in [-0.25, -0.2) is 0 Å². The molecule has 0 amide bonds. The number of phenols is 1. The standard InChI is InChI=1S/C10H14INO.ClH/c1-2-9(12)6-7-5-8(11)3-4-10(7)13;/h3-5,9,13H,2,6,12H2,1H3;1H. The van der Waals surface area contributed by atoms with Crippen LogP contribution in [0.15, 0.2) is 18.2 Å². The van der Waals surface area contributed by atoms with Crippen LogP contribution in [-0.2, 0) is 6.42 Å². The van der Waals surface area contributed by atoms with Crippen LogP contribution in [0.3, 0.4) is 0 Å². The van der Waals surface area contributed by atoms with Crippen molar-refractivity contribution in [1.29, 1.82) is 0 Å². The molecule has 4 heteroatoms. The van der Waals surface area contributed by atoms with E-state index in [0.717, 1.165) is 22.0 Å². The van der Waals surface area contributed by atoms with E-state index in [9.17, 15) is 5.11 Å². The van der Waals surface area contributed by atoms with Crippen LogP contribution >= 0.6 is 35.0 Å². The summed E-state index contributed by atoms with van der Waals surface area (Å²) in [7, 11) is 0. The minimum atomic E-state index is 0. The average Bonchev–Trinajstić information content (AvgIpc) is 2.11. The van der Waals surface area contributed by atoms with Crippen LogP contribution < -0.4 is 5.73 Å². The summed E-state index contributed by atoms with van der Waals surface area (Å²) in [4.78, 5) is 0. The molecule has 0 radical (unpaired) electrons. The first-order valence-electron chi connectivity index (χ1n) is 4.36. The molecule has 0 spiro atoms. The van der Waals surface area contributed by atoms with Gasteiger partial charge >= 0.3 is 0 Å². The summed E-state index contributed by atoms with van der Waals surface area (Å²) in [5.74, 6) is 0.351. The molecular weight excluding hydrogens is 312 g/mol. The van der Waals surface area contributed by atoms with E-state index < -0.39 is 0 Å². The maximum Gasteiger partial charge on any atom is 0.118 e. The van der Waals surface area contributed by atoms with Gasteiger partial charge < -0.3 is 10.8 Å². The zero-order valence-electron chi connectivity index (χ0n) is 8.03. The van der Waals surface area contributed by atoms with Crippen LogP contribution in [0.4, 0.5) is 0 Å². The van der Waals surface area contributed by atoms with Crippen LogP contribution in [0.2, 0.25) is 0 Å². The molecule has 0 heterocycles. The number of hydrogen-bond acceptors (Lipinski definition) is 2. The Morgan fingerprint density at radius 3 is 2.71 bits per heavy atom. The fourth-order valence-corrected chi connectivity index (χ4v) is 1.70. The minimum Gasteiger partial charge on any atom is -0.508 e. The first-order valence-corrected chi connectivity index (χ1v) is 5.44. The molecule has 0 fully saturated rings. The Balaban J connectivity index is 0.00000169. The van der Waals surface area contributed by atoms with Gasteiger partial charge in [0, 0.05) is 9.61 Å². The Hall–Kier alpha value is -0.000000000000000111. The maximum absolute atomic E-state index is 9.52. The monoisotopic (exact) mass is 327 g/mol. The summed E-state index contributed by atoms with van der Waals surface area (Å²) < 4.78 is 1.13. The Morgan fingerprint density at radius 1 is 1.50 bits per heavy atom. The van der Waals surface area contributed by atoms with Crippen molar-refractivity contribution in [2.75, 3.05) is 0 Å². The summed E-state index contributed by atoms with van der Waals surface area (Å²) in [6.07, 6.45) is 1.68. The predicted molar refractivity (Wildman–Crippen MR) is 70.0 cm³/mol. The third-order valence-corrected chi connectivity index (χ3v) is 2.72. The van der Waals surface area contributed by atoms with Crippen LogP contribution in [0.1, 0.15) is 18.9 Å². The van der Waals surface area contributed by atoms with Gasteiger partial charge in [-0.2, -0.15) is 0 Å². The number of aromatic hydroxyl groups is 1. The molecule has 14 heavy (non-hydrogen) atoms. The third kappa shape index (κ3) is 4.02. The lowest BCUT2D eigenvalue weighted by molar-refractivity contribution is 0.463. The van der Waals surface area contributed by atoms with E-state index in [2.05, 4.69) is 29.5 Å². The van der Waals surface area contributed by atoms with Gasteiger partial charge in [0.15, 0.2) is 0 Å². The molecule has 1 aromatic carbocycles. The molecular formula is C10H15ClINO. The van der Waals surface area contributed by atoms with E-state index in [1.165, 1.54) is 0 Å². The van der Waals surface area contributed by atoms with Crippen molar-refractivity contribution in [1.82, 2.24) is 0 Å². The molecule has 0 bridgehead atoms. The summed E-state index contributed by atoms with van der Waals surface area (Å²) in [5.41, 5.74) is 6.76. The molecule has 0 aromatic heterocycles. The smallest absolute Gasteiger partial charge is 0.118 e. The summed E-state index contributed by atoms with van der Waals surface area (Å²) in [6.45, 7) is 2.05. The number of nitrogens with two attached hydrogens (primary N) is 1. The highest BCUT2D eigenvalue weighted by molar-refractivity contribution is 14.1.